The zero-order valence-corrected chi connectivity index (χ0v) is 11.5. The monoisotopic (exact) mass is 294 g/mol. The Morgan fingerprint density at radius 3 is 2.55 bits per heavy atom. The normalized spacial score (nSPS) is 10.2. The first kappa shape index (κ1) is 14.1. The number of carbonyl (C=O) groups is 1. The molecule has 2 rings (SSSR count). The van der Waals surface area contributed by atoms with Crippen molar-refractivity contribution in [3.63, 3.8) is 0 Å². The minimum absolute atomic E-state index is 0.0391. The van der Waals surface area contributed by atoms with Crippen LogP contribution in [0.5, 0.6) is 11.5 Å². The Balaban J connectivity index is 2.63. The smallest absolute Gasteiger partial charge is 0.354 e. The van der Waals surface area contributed by atoms with Crippen molar-refractivity contribution >= 4 is 17.6 Å². The van der Waals surface area contributed by atoms with Crippen LogP contribution in [0.4, 0.5) is 0 Å². The van der Waals surface area contributed by atoms with Gasteiger partial charge >= 0.3 is 5.97 Å². The SMILES string of the molecule is COc1ccc(OC)c(-c2nc(Cl)cc(C(=O)O)n2)c1. The molecule has 0 bridgehead atoms. The fourth-order valence-electron chi connectivity index (χ4n) is 1.64. The molecular weight excluding hydrogens is 284 g/mol. The minimum atomic E-state index is -1.18. The van der Waals surface area contributed by atoms with Gasteiger partial charge in [-0.1, -0.05) is 11.6 Å². The molecular formula is C13H11ClN2O4. The molecule has 1 N–H and O–H groups in total. The number of ether oxygens (including phenoxy) is 2. The first-order valence-corrected chi connectivity index (χ1v) is 5.93. The highest BCUT2D eigenvalue weighted by Gasteiger charge is 2.15. The van der Waals surface area contributed by atoms with Gasteiger partial charge in [-0.25, -0.2) is 14.8 Å². The topological polar surface area (TPSA) is 81.5 Å². The average Bonchev–Trinajstić information content (AvgIpc) is 2.45. The van der Waals surface area contributed by atoms with E-state index in [-0.39, 0.29) is 16.7 Å². The molecule has 0 atom stereocenters. The molecule has 0 amide bonds. The van der Waals surface area contributed by atoms with Crippen molar-refractivity contribution in [3.05, 3.63) is 35.1 Å². The second-order valence-corrected chi connectivity index (χ2v) is 4.16. The molecule has 2 aromatic rings. The Bertz CT molecular complexity index is 661. The summed E-state index contributed by atoms with van der Waals surface area (Å²) in [5.41, 5.74) is 0.307. The van der Waals surface area contributed by atoms with E-state index in [1.807, 2.05) is 0 Å². The first-order chi connectivity index (χ1) is 9.55. The van der Waals surface area contributed by atoms with Gasteiger partial charge < -0.3 is 14.6 Å². The first-order valence-electron chi connectivity index (χ1n) is 5.55. The summed E-state index contributed by atoms with van der Waals surface area (Å²) in [6.07, 6.45) is 0. The average molecular weight is 295 g/mol. The van der Waals surface area contributed by atoms with Crippen LogP contribution in [0.15, 0.2) is 24.3 Å². The van der Waals surface area contributed by atoms with E-state index < -0.39 is 5.97 Å². The summed E-state index contributed by atoms with van der Waals surface area (Å²) in [6.45, 7) is 0. The number of aromatic nitrogens is 2. The van der Waals surface area contributed by atoms with Gasteiger partial charge in [-0.3, -0.25) is 0 Å². The summed E-state index contributed by atoms with van der Waals surface area (Å²) in [6, 6.07) is 6.22. The lowest BCUT2D eigenvalue weighted by Gasteiger charge is -2.10. The lowest BCUT2D eigenvalue weighted by molar-refractivity contribution is 0.0690. The van der Waals surface area contributed by atoms with Gasteiger partial charge in [0.1, 0.15) is 16.7 Å². The van der Waals surface area contributed by atoms with Crippen LogP contribution in [-0.4, -0.2) is 35.3 Å². The molecule has 0 radical (unpaired) electrons. The zero-order valence-electron chi connectivity index (χ0n) is 10.8. The van der Waals surface area contributed by atoms with Crippen LogP contribution in [0.2, 0.25) is 5.15 Å². The van der Waals surface area contributed by atoms with Gasteiger partial charge in [-0.05, 0) is 18.2 Å². The van der Waals surface area contributed by atoms with Gasteiger partial charge in [0.25, 0.3) is 0 Å². The summed E-state index contributed by atoms with van der Waals surface area (Å²) in [4.78, 5) is 19.0. The van der Waals surface area contributed by atoms with Gasteiger partial charge in [0, 0.05) is 6.07 Å². The molecule has 1 aromatic heterocycles. The predicted molar refractivity (Wildman–Crippen MR) is 72.5 cm³/mol. The summed E-state index contributed by atoms with van der Waals surface area (Å²) in [7, 11) is 3.01. The molecule has 20 heavy (non-hydrogen) atoms. The maximum atomic E-state index is 11.0. The van der Waals surface area contributed by atoms with Crippen LogP contribution in [0.25, 0.3) is 11.4 Å². The van der Waals surface area contributed by atoms with Gasteiger partial charge in [-0.2, -0.15) is 0 Å². The maximum Gasteiger partial charge on any atom is 0.354 e. The number of hydrogen-bond donors (Lipinski definition) is 1. The molecule has 0 unspecified atom stereocenters. The van der Waals surface area contributed by atoms with Crippen molar-refractivity contribution in [3.8, 4) is 22.9 Å². The molecule has 0 aliphatic rings. The quantitative estimate of drug-likeness (QED) is 0.873. The number of rotatable bonds is 4. The molecule has 7 heteroatoms. The Morgan fingerprint density at radius 2 is 1.95 bits per heavy atom. The van der Waals surface area contributed by atoms with E-state index in [1.165, 1.54) is 20.3 Å². The largest absolute Gasteiger partial charge is 0.497 e. The third kappa shape index (κ3) is 2.80. The molecule has 1 heterocycles. The molecule has 0 spiro atoms. The Labute approximate surface area is 120 Å². The third-order valence-corrected chi connectivity index (χ3v) is 2.76. The third-order valence-electron chi connectivity index (χ3n) is 2.56. The van der Waals surface area contributed by atoms with Crippen LogP contribution in [0.1, 0.15) is 10.5 Å². The van der Waals surface area contributed by atoms with E-state index in [1.54, 1.807) is 18.2 Å². The lowest BCUT2D eigenvalue weighted by Crippen LogP contribution is -2.04. The van der Waals surface area contributed by atoms with Crippen molar-refractivity contribution in [1.29, 1.82) is 0 Å². The van der Waals surface area contributed by atoms with Gasteiger partial charge in [-0.15, -0.1) is 0 Å². The maximum absolute atomic E-state index is 11.0. The molecule has 0 aliphatic carbocycles. The number of halogens is 1. The lowest BCUT2D eigenvalue weighted by atomic mass is 10.1. The summed E-state index contributed by atoms with van der Waals surface area (Å²) in [5, 5.41) is 9.04. The van der Waals surface area contributed by atoms with Gasteiger partial charge in [0.2, 0.25) is 0 Å². The number of methoxy groups -OCH3 is 2. The molecule has 0 aliphatic heterocycles. The highest BCUT2D eigenvalue weighted by molar-refractivity contribution is 6.29. The zero-order chi connectivity index (χ0) is 14.7. The van der Waals surface area contributed by atoms with Gasteiger partial charge in [0.05, 0.1) is 19.8 Å². The van der Waals surface area contributed by atoms with E-state index in [9.17, 15) is 4.79 Å². The molecule has 0 saturated heterocycles. The Kier molecular flexibility index (Phi) is 4.05. The second-order valence-electron chi connectivity index (χ2n) is 3.77. The Hall–Kier alpha value is -2.34. The number of carboxylic acid groups (broad SMARTS) is 1. The van der Waals surface area contributed by atoms with Crippen LogP contribution in [0, 0.1) is 0 Å². The molecule has 0 fully saturated rings. The fourth-order valence-corrected chi connectivity index (χ4v) is 1.82. The van der Waals surface area contributed by atoms with Crippen molar-refractivity contribution < 1.29 is 19.4 Å². The van der Waals surface area contributed by atoms with E-state index in [0.29, 0.717) is 17.1 Å². The van der Waals surface area contributed by atoms with Crippen LogP contribution in [0.3, 0.4) is 0 Å². The Morgan fingerprint density at radius 1 is 1.20 bits per heavy atom. The summed E-state index contributed by atoms with van der Waals surface area (Å²) < 4.78 is 10.3. The van der Waals surface area contributed by atoms with Gasteiger partial charge in [0.15, 0.2) is 11.5 Å². The number of hydrogen-bond acceptors (Lipinski definition) is 5. The number of nitrogens with zero attached hydrogens (tertiary/aromatic N) is 2. The van der Waals surface area contributed by atoms with Crippen LogP contribution < -0.4 is 9.47 Å². The molecule has 1 aromatic carbocycles. The number of aromatic carboxylic acids is 1. The van der Waals surface area contributed by atoms with E-state index in [2.05, 4.69) is 9.97 Å². The highest BCUT2D eigenvalue weighted by Crippen LogP contribution is 2.32. The molecule has 104 valence electrons. The fraction of sp³-hybridized carbons (Fsp3) is 0.154. The second kappa shape index (κ2) is 5.75. The van der Waals surface area contributed by atoms with E-state index >= 15 is 0 Å². The van der Waals surface area contributed by atoms with Crippen molar-refractivity contribution in [2.45, 2.75) is 0 Å². The van der Waals surface area contributed by atoms with Crippen LogP contribution >= 0.6 is 11.6 Å². The van der Waals surface area contributed by atoms with Crippen molar-refractivity contribution in [2.75, 3.05) is 14.2 Å². The summed E-state index contributed by atoms with van der Waals surface area (Å²) in [5.74, 6) is 0.0359. The van der Waals surface area contributed by atoms with Crippen molar-refractivity contribution in [2.24, 2.45) is 0 Å². The highest BCUT2D eigenvalue weighted by atomic mass is 35.5. The number of benzene rings is 1. The minimum Gasteiger partial charge on any atom is -0.497 e. The van der Waals surface area contributed by atoms with Crippen LogP contribution in [-0.2, 0) is 0 Å². The molecule has 6 nitrogen and oxygen atoms in total. The standard InChI is InChI=1S/C13H11ClN2O4/c1-19-7-3-4-10(20-2)8(5-7)12-15-9(13(17)18)6-11(14)16-12/h3-6H,1-2H3,(H,17,18). The van der Waals surface area contributed by atoms with Crippen molar-refractivity contribution in [1.82, 2.24) is 9.97 Å². The van der Waals surface area contributed by atoms with E-state index in [4.69, 9.17) is 26.2 Å². The van der Waals surface area contributed by atoms with E-state index in [0.717, 1.165) is 0 Å². The number of carboxylic acids is 1. The summed E-state index contributed by atoms with van der Waals surface area (Å²) >= 11 is 5.83. The molecule has 0 saturated carbocycles. The predicted octanol–water partition coefficient (Wildman–Crippen LogP) is 2.51.